The van der Waals surface area contributed by atoms with Gasteiger partial charge in [-0.15, -0.1) is 11.3 Å². The molecule has 130 valence electrons. The van der Waals surface area contributed by atoms with Crippen molar-refractivity contribution >= 4 is 44.1 Å². The SMILES string of the molecule is Cc1c(Cl)cccc1S(=O)(=O)Nc1ncc(CCC(C)C(=O)O)s1. The van der Waals surface area contributed by atoms with E-state index in [0.717, 1.165) is 4.88 Å². The molecule has 2 aromatic rings. The minimum Gasteiger partial charge on any atom is -0.481 e. The van der Waals surface area contributed by atoms with Gasteiger partial charge in [0.2, 0.25) is 0 Å². The van der Waals surface area contributed by atoms with Crippen molar-refractivity contribution in [2.24, 2.45) is 5.92 Å². The largest absolute Gasteiger partial charge is 0.481 e. The highest BCUT2D eigenvalue weighted by Crippen LogP contribution is 2.27. The molecule has 0 bridgehead atoms. The Bertz CT molecular complexity index is 849. The van der Waals surface area contributed by atoms with Crippen molar-refractivity contribution in [3.63, 3.8) is 0 Å². The summed E-state index contributed by atoms with van der Waals surface area (Å²) in [6.45, 7) is 3.27. The van der Waals surface area contributed by atoms with Gasteiger partial charge in [-0.2, -0.15) is 0 Å². The molecule has 1 aromatic heterocycles. The average Bonchev–Trinajstić information content (AvgIpc) is 2.94. The third kappa shape index (κ3) is 4.46. The molecule has 1 unspecified atom stereocenters. The Morgan fingerprint density at radius 3 is 2.83 bits per heavy atom. The number of aliphatic carboxylic acids is 1. The third-order valence-corrected chi connectivity index (χ3v) is 6.52. The summed E-state index contributed by atoms with van der Waals surface area (Å²) in [5, 5.41) is 9.50. The molecule has 0 saturated heterocycles. The summed E-state index contributed by atoms with van der Waals surface area (Å²) in [5.41, 5.74) is 0.471. The van der Waals surface area contributed by atoms with Crippen molar-refractivity contribution in [1.29, 1.82) is 0 Å². The quantitative estimate of drug-likeness (QED) is 0.755. The Labute approximate surface area is 149 Å². The molecule has 0 aliphatic carbocycles. The van der Waals surface area contributed by atoms with Gasteiger partial charge in [-0.1, -0.05) is 24.6 Å². The van der Waals surface area contributed by atoms with Gasteiger partial charge in [-0.3, -0.25) is 9.52 Å². The zero-order valence-electron chi connectivity index (χ0n) is 13.1. The Balaban J connectivity index is 2.11. The molecule has 0 fully saturated rings. The number of anilines is 1. The number of carbonyl (C=O) groups is 1. The summed E-state index contributed by atoms with van der Waals surface area (Å²) < 4.78 is 27.4. The van der Waals surface area contributed by atoms with Crippen molar-refractivity contribution in [3.8, 4) is 0 Å². The predicted octanol–water partition coefficient (Wildman–Crippen LogP) is 3.56. The first kappa shape index (κ1) is 18.7. The van der Waals surface area contributed by atoms with E-state index in [-0.39, 0.29) is 10.0 Å². The number of sulfonamides is 1. The molecule has 1 atom stereocenters. The molecule has 0 radical (unpaired) electrons. The van der Waals surface area contributed by atoms with E-state index in [1.807, 2.05) is 0 Å². The van der Waals surface area contributed by atoms with Gasteiger partial charge in [0, 0.05) is 16.1 Å². The van der Waals surface area contributed by atoms with E-state index in [4.69, 9.17) is 16.7 Å². The van der Waals surface area contributed by atoms with Gasteiger partial charge in [0.15, 0.2) is 5.13 Å². The molecular formula is C15H17ClN2O4S2. The Hall–Kier alpha value is -1.64. The number of carboxylic acids is 1. The number of hydrogen-bond donors (Lipinski definition) is 2. The minimum atomic E-state index is -3.78. The molecule has 0 spiro atoms. The predicted molar refractivity (Wildman–Crippen MR) is 94.2 cm³/mol. The number of carboxylic acid groups (broad SMARTS) is 1. The highest BCUT2D eigenvalue weighted by molar-refractivity contribution is 7.93. The maximum Gasteiger partial charge on any atom is 0.306 e. The highest BCUT2D eigenvalue weighted by atomic mass is 35.5. The Kier molecular flexibility index (Phi) is 5.84. The van der Waals surface area contributed by atoms with Crippen LogP contribution in [0, 0.1) is 12.8 Å². The fraction of sp³-hybridized carbons (Fsp3) is 0.333. The second-order valence-corrected chi connectivity index (χ2v) is 8.55. The standard InChI is InChI=1S/C15H17ClN2O4S2/c1-9(14(19)20)6-7-11-8-17-15(23-11)18-24(21,22)13-5-3-4-12(16)10(13)2/h3-5,8-9H,6-7H2,1-2H3,(H,17,18)(H,19,20). The molecule has 1 aromatic carbocycles. The lowest BCUT2D eigenvalue weighted by Crippen LogP contribution is -2.14. The van der Waals surface area contributed by atoms with Crippen LogP contribution >= 0.6 is 22.9 Å². The minimum absolute atomic E-state index is 0.103. The first-order chi connectivity index (χ1) is 11.2. The van der Waals surface area contributed by atoms with Crippen LogP contribution in [0.3, 0.4) is 0 Å². The van der Waals surface area contributed by atoms with Crippen LogP contribution in [-0.2, 0) is 21.2 Å². The van der Waals surface area contributed by atoms with Gasteiger partial charge < -0.3 is 5.11 Å². The van der Waals surface area contributed by atoms with Crippen molar-refractivity contribution in [2.75, 3.05) is 4.72 Å². The smallest absolute Gasteiger partial charge is 0.306 e. The molecule has 0 aliphatic heterocycles. The van der Waals surface area contributed by atoms with Crippen LogP contribution < -0.4 is 4.72 Å². The number of benzene rings is 1. The number of thiazole rings is 1. The molecule has 24 heavy (non-hydrogen) atoms. The summed E-state index contributed by atoms with van der Waals surface area (Å²) >= 11 is 7.16. The maximum atomic E-state index is 12.5. The lowest BCUT2D eigenvalue weighted by atomic mass is 10.1. The topological polar surface area (TPSA) is 96.4 Å². The van der Waals surface area contributed by atoms with Gasteiger partial charge in [0.1, 0.15) is 0 Å². The van der Waals surface area contributed by atoms with E-state index in [1.165, 1.54) is 17.4 Å². The Morgan fingerprint density at radius 1 is 1.46 bits per heavy atom. The molecule has 0 aliphatic rings. The summed E-state index contributed by atoms with van der Waals surface area (Å²) in [6, 6.07) is 4.68. The zero-order valence-corrected chi connectivity index (χ0v) is 15.5. The van der Waals surface area contributed by atoms with Crippen LogP contribution in [0.25, 0.3) is 0 Å². The van der Waals surface area contributed by atoms with Crippen LogP contribution in [0.5, 0.6) is 0 Å². The number of halogens is 1. The van der Waals surface area contributed by atoms with Gasteiger partial charge in [-0.25, -0.2) is 13.4 Å². The van der Waals surface area contributed by atoms with Gasteiger partial charge in [-0.05, 0) is 37.5 Å². The van der Waals surface area contributed by atoms with E-state index >= 15 is 0 Å². The second kappa shape index (κ2) is 7.50. The molecule has 9 heteroatoms. The van der Waals surface area contributed by atoms with Crippen molar-refractivity contribution in [3.05, 3.63) is 39.9 Å². The monoisotopic (exact) mass is 388 g/mol. The van der Waals surface area contributed by atoms with E-state index in [9.17, 15) is 13.2 Å². The van der Waals surface area contributed by atoms with Crippen molar-refractivity contribution < 1.29 is 18.3 Å². The highest BCUT2D eigenvalue weighted by Gasteiger charge is 2.20. The first-order valence-electron chi connectivity index (χ1n) is 7.16. The fourth-order valence-corrected chi connectivity index (χ4v) is 4.57. The number of nitrogens with one attached hydrogen (secondary N) is 1. The maximum absolute atomic E-state index is 12.5. The van der Waals surface area contributed by atoms with E-state index in [0.29, 0.717) is 23.4 Å². The van der Waals surface area contributed by atoms with Crippen LogP contribution in [0.1, 0.15) is 23.8 Å². The number of aryl methyl sites for hydroxylation is 1. The summed E-state index contributed by atoms with van der Waals surface area (Å²) in [7, 11) is -3.78. The average molecular weight is 389 g/mol. The van der Waals surface area contributed by atoms with Crippen molar-refractivity contribution in [1.82, 2.24) is 4.98 Å². The third-order valence-electron chi connectivity index (χ3n) is 3.53. The summed E-state index contributed by atoms with van der Waals surface area (Å²) in [5.74, 6) is -1.31. The molecule has 2 rings (SSSR count). The first-order valence-corrected chi connectivity index (χ1v) is 9.84. The number of aromatic nitrogens is 1. The molecule has 2 N–H and O–H groups in total. The van der Waals surface area contributed by atoms with Crippen LogP contribution in [0.15, 0.2) is 29.3 Å². The lowest BCUT2D eigenvalue weighted by molar-refractivity contribution is -0.141. The normalized spacial score (nSPS) is 12.8. The zero-order chi connectivity index (χ0) is 17.9. The molecule has 0 amide bonds. The van der Waals surface area contributed by atoms with Gasteiger partial charge in [0.05, 0.1) is 10.8 Å². The van der Waals surface area contributed by atoms with Crippen molar-refractivity contribution in [2.45, 2.75) is 31.6 Å². The van der Waals surface area contributed by atoms with Crippen LogP contribution in [0.4, 0.5) is 5.13 Å². The summed E-state index contributed by atoms with van der Waals surface area (Å²) in [4.78, 5) is 15.8. The van der Waals surface area contributed by atoms with Gasteiger partial charge in [0.25, 0.3) is 10.0 Å². The Morgan fingerprint density at radius 2 is 2.17 bits per heavy atom. The summed E-state index contributed by atoms with van der Waals surface area (Å²) in [6.07, 6.45) is 2.56. The van der Waals surface area contributed by atoms with E-state index in [2.05, 4.69) is 9.71 Å². The van der Waals surface area contributed by atoms with E-state index < -0.39 is 21.9 Å². The molecular weight excluding hydrogens is 372 g/mol. The number of rotatable bonds is 7. The molecule has 0 saturated carbocycles. The van der Waals surface area contributed by atoms with E-state index in [1.54, 1.807) is 32.2 Å². The van der Waals surface area contributed by atoms with Crippen LogP contribution in [-0.4, -0.2) is 24.5 Å². The van der Waals surface area contributed by atoms with Gasteiger partial charge >= 0.3 is 5.97 Å². The van der Waals surface area contributed by atoms with Crippen LogP contribution in [0.2, 0.25) is 5.02 Å². The lowest BCUT2D eigenvalue weighted by Gasteiger charge is -2.09. The number of nitrogens with zero attached hydrogens (tertiary/aromatic N) is 1. The fourth-order valence-electron chi connectivity index (χ4n) is 2.00. The second-order valence-electron chi connectivity index (χ2n) is 5.38. The molecule has 6 nitrogen and oxygen atoms in total. The molecule has 1 heterocycles. The number of hydrogen-bond acceptors (Lipinski definition) is 5.